The number of aromatic amines is 1. The molecule has 11 heteroatoms. The number of nitrogens with zero attached hydrogens (tertiary/aromatic N) is 4. The van der Waals surface area contributed by atoms with Crippen molar-refractivity contribution in [3.05, 3.63) is 84.7 Å². The smallest absolute Gasteiger partial charge is 0.297 e. The van der Waals surface area contributed by atoms with Gasteiger partial charge >= 0.3 is 0 Å². The summed E-state index contributed by atoms with van der Waals surface area (Å²) in [5.41, 5.74) is -2.05. The standard InChI is InChI=1S/C21H18F3N5O3/c1-10-6-14(25-5)16(22)15(7-10)32-17-18(21(4,23)24)26-9-29(20(17)31)8-13-11(2)27-12(3)28-19(13)30/h6-7,9H,8H2,1-4H3,(H,27,28,30). The van der Waals surface area contributed by atoms with Gasteiger partial charge in [-0.05, 0) is 26.8 Å². The number of aromatic nitrogens is 4. The van der Waals surface area contributed by atoms with Crippen molar-refractivity contribution in [1.29, 1.82) is 0 Å². The van der Waals surface area contributed by atoms with E-state index in [0.717, 1.165) is 10.9 Å². The Kier molecular flexibility index (Phi) is 5.90. The van der Waals surface area contributed by atoms with Crippen LogP contribution in [0.1, 0.15) is 35.3 Å². The molecule has 0 amide bonds. The summed E-state index contributed by atoms with van der Waals surface area (Å²) in [6.45, 7) is 11.9. The Labute approximate surface area is 180 Å². The van der Waals surface area contributed by atoms with E-state index in [1.165, 1.54) is 12.1 Å². The molecule has 166 valence electrons. The van der Waals surface area contributed by atoms with Crippen LogP contribution in [0, 0.1) is 33.2 Å². The SMILES string of the molecule is [C-]#[N+]c1cc(C)cc(Oc2c(C(C)(F)F)ncn(Cc3c(C)nc(C)[nH]c3=O)c2=O)c1F. The van der Waals surface area contributed by atoms with E-state index in [0.29, 0.717) is 24.0 Å². The second-order valence-corrected chi connectivity index (χ2v) is 7.27. The molecule has 0 aliphatic carbocycles. The second kappa shape index (κ2) is 8.30. The third kappa shape index (κ3) is 4.39. The summed E-state index contributed by atoms with van der Waals surface area (Å²) >= 11 is 0. The number of halogens is 3. The van der Waals surface area contributed by atoms with Crippen LogP contribution >= 0.6 is 0 Å². The van der Waals surface area contributed by atoms with Crippen molar-refractivity contribution in [2.24, 2.45) is 0 Å². The molecule has 0 spiro atoms. The van der Waals surface area contributed by atoms with E-state index in [1.807, 2.05) is 0 Å². The summed E-state index contributed by atoms with van der Waals surface area (Å²) in [5, 5.41) is 0. The minimum absolute atomic E-state index is 0.124. The van der Waals surface area contributed by atoms with Gasteiger partial charge in [0.2, 0.25) is 11.4 Å². The molecule has 2 heterocycles. The molecular weight excluding hydrogens is 427 g/mol. The quantitative estimate of drug-likeness (QED) is 0.602. The summed E-state index contributed by atoms with van der Waals surface area (Å²) in [4.78, 5) is 38.6. The highest BCUT2D eigenvalue weighted by atomic mass is 19.3. The predicted molar refractivity (Wildman–Crippen MR) is 109 cm³/mol. The third-order valence-electron chi connectivity index (χ3n) is 4.58. The summed E-state index contributed by atoms with van der Waals surface area (Å²) in [7, 11) is 0. The molecule has 0 radical (unpaired) electrons. The van der Waals surface area contributed by atoms with E-state index in [9.17, 15) is 22.8 Å². The van der Waals surface area contributed by atoms with E-state index in [2.05, 4.69) is 19.8 Å². The molecule has 1 aromatic carbocycles. The molecule has 0 bridgehead atoms. The topological polar surface area (TPSA) is 94.2 Å². The molecule has 0 unspecified atom stereocenters. The van der Waals surface area contributed by atoms with Crippen LogP contribution in [0.4, 0.5) is 18.9 Å². The first-order valence-electron chi connectivity index (χ1n) is 9.32. The van der Waals surface area contributed by atoms with Crippen LogP contribution in [0.5, 0.6) is 11.5 Å². The number of aryl methyl sites for hydroxylation is 3. The van der Waals surface area contributed by atoms with Crippen molar-refractivity contribution in [1.82, 2.24) is 19.5 Å². The maximum Gasteiger partial charge on any atom is 0.297 e. The van der Waals surface area contributed by atoms with E-state index < -0.39 is 40.1 Å². The highest BCUT2D eigenvalue weighted by Crippen LogP contribution is 2.36. The van der Waals surface area contributed by atoms with Gasteiger partial charge in [0.15, 0.2) is 17.3 Å². The van der Waals surface area contributed by atoms with Crippen molar-refractivity contribution in [3.63, 3.8) is 0 Å². The molecule has 3 aromatic rings. The van der Waals surface area contributed by atoms with Gasteiger partial charge in [0, 0.05) is 12.6 Å². The van der Waals surface area contributed by atoms with Crippen molar-refractivity contribution in [2.45, 2.75) is 40.2 Å². The normalized spacial score (nSPS) is 11.3. The monoisotopic (exact) mass is 445 g/mol. The Balaban J connectivity index is 2.18. The molecule has 0 saturated carbocycles. The fraction of sp³-hybridized carbons (Fsp3) is 0.286. The number of rotatable bonds is 5. The molecule has 0 aliphatic heterocycles. The lowest BCUT2D eigenvalue weighted by atomic mass is 10.2. The lowest BCUT2D eigenvalue weighted by Gasteiger charge is -2.17. The molecule has 8 nitrogen and oxygen atoms in total. The summed E-state index contributed by atoms with van der Waals surface area (Å²) in [6, 6.07) is 2.43. The maximum absolute atomic E-state index is 14.6. The summed E-state index contributed by atoms with van der Waals surface area (Å²) in [5.74, 6) is -5.79. The van der Waals surface area contributed by atoms with Crippen molar-refractivity contribution in [2.75, 3.05) is 0 Å². The average molecular weight is 445 g/mol. The third-order valence-corrected chi connectivity index (χ3v) is 4.58. The lowest BCUT2D eigenvalue weighted by Crippen LogP contribution is -2.30. The van der Waals surface area contributed by atoms with Gasteiger partial charge in [-0.2, -0.15) is 8.78 Å². The summed E-state index contributed by atoms with van der Waals surface area (Å²) in [6.07, 6.45) is 0.859. The van der Waals surface area contributed by atoms with Crippen LogP contribution in [0.15, 0.2) is 28.0 Å². The van der Waals surface area contributed by atoms with Gasteiger partial charge in [0.05, 0.1) is 25.0 Å². The molecule has 2 aromatic heterocycles. The number of nitrogens with one attached hydrogen (secondary N) is 1. The predicted octanol–water partition coefficient (Wildman–Crippen LogP) is 3.89. The largest absolute Gasteiger partial charge is 0.448 e. The van der Waals surface area contributed by atoms with Gasteiger partial charge in [-0.15, -0.1) is 0 Å². The number of ether oxygens (including phenoxy) is 1. The minimum Gasteiger partial charge on any atom is -0.448 e. The number of benzene rings is 1. The first kappa shape index (κ1) is 22.7. The maximum atomic E-state index is 14.6. The number of hydrogen-bond acceptors (Lipinski definition) is 5. The minimum atomic E-state index is -3.59. The molecule has 0 atom stereocenters. The van der Waals surface area contributed by atoms with Gasteiger partial charge in [0.1, 0.15) is 5.82 Å². The molecule has 0 saturated heterocycles. The van der Waals surface area contributed by atoms with Crippen LogP contribution in [-0.2, 0) is 12.5 Å². The Morgan fingerprint density at radius 2 is 1.94 bits per heavy atom. The van der Waals surface area contributed by atoms with E-state index in [4.69, 9.17) is 11.3 Å². The van der Waals surface area contributed by atoms with Gasteiger partial charge in [0.25, 0.3) is 17.0 Å². The van der Waals surface area contributed by atoms with Crippen LogP contribution in [0.2, 0.25) is 0 Å². The van der Waals surface area contributed by atoms with Gasteiger partial charge in [-0.3, -0.25) is 14.2 Å². The lowest BCUT2D eigenvalue weighted by molar-refractivity contribution is 0.0100. The van der Waals surface area contributed by atoms with E-state index in [-0.39, 0.29) is 17.8 Å². The fourth-order valence-electron chi connectivity index (χ4n) is 3.08. The van der Waals surface area contributed by atoms with Crippen molar-refractivity contribution in [3.8, 4) is 11.5 Å². The Bertz CT molecular complexity index is 1370. The van der Waals surface area contributed by atoms with E-state index >= 15 is 0 Å². The number of hydrogen-bond donors (Lipinski definition) is 1. The first-order valence-corrected chi connectivity index (χ1v) is 9.32. The molecule has 0 fully saturated rings. The summed E-state index contributed by atoms with van der Waals surface area (Å²) < 4.78 is 49.1. The average Bonchev–Trinajstić information content (AvgIpc) is 2.68. The zero-order valence-electron chi connectivity index (χ0n) is 17.6. The van der Waals surface area contributed by atoms with Crippen LogP contribution in [-0.4, -0.2) is 19.5 Å². The van der Waals surface area contributed by atoms with Gasteiger partial charge in [-0.25, -0.2) is 19.2 Å². The second-order valence-electron chi connectivity index (χ2n) is 7.27. The van der Waals surface area contributed by atoms with Crippen LogP contribution < -0.4 is 15.9 Å². The molecule has 1 N–H and O–H groups in total. The van der Waals surface area contributed by atoms with E-state index in [1.54, 1.807) is 20.8 Å². The zero-order chi connectivity index (χ0) is 23.8. The number of alkyl halides is 2. The van der Waals surface area contributed by atoms with Crippen LogP contribution in [0.25, 0.3) is 4.85 Å². The molecule has 32 heavy (non-hydrogen) atoms. The highest BCUT2D eigenvalue weighted by Gasteiger charge is 2.34. The Morgan fingerprint density at radius 3 is 2.53 bits per heavy atom. The van der Waals surface area contributed by atoms with Crippen LogP contribution in [0.3, 0.4) is 0 Å². The molecule has 3 rings (SSSR count). The Morgan fingerprint density at radius 1 is 1.25 bits per heavy atom. The molecular formula is C21H18F3N5O3. The van der Waals surface area contributed by atoms with Crippen molar-refractivity contribution >= 4 is 5.69 Å². The first-order chi connectivity index (χ1) is 14.9. The highest BCUT2D eigenvalue weighted by molar-refractivity contribution is 5.54. The fourth-order valence-corrected chi connectivity index (χ4v) is 3.08. The van der Waals surface area contributed by atoms with Gasteiger partial charge < -0.3 is 9.72 Å². The molecule has 0 aliphatic rings. The number of H-pyrrole nitrogens is 1. The zero-order valence-corrected chi connectivity index (χ0v) is 17.6. The Hall–Kier alpha value is -3.94. The van der Waals surface area contributed by atoms with Crippen molar-refractivity contribution < 1.29 is 17.9 Å². The van der Waals surface area contributed by atoms with Gasteiger partial charge in [-0.1, -0.05) is 11.6 Å².